The lowest BCUT2D eigenvalue weighted by Gasteiger charge is -2.36. The number of aromatic nitrogens is 1. The van der Waals surface area contributed by atoms with Crippen molar-refractivity contribution in [1.29, 1.82) is 0 Å². The maximum absolute atomic E-state index is 14.0. The monoisotopic (exact) mass is 515 g/mol. The van der Waals surface area contributed by atoms with Crippen molar-refractivity contribution >= 4 is 11.8 Å². The van der Waals surface area contributed by atoms with Gasteiger partial charge in [0, 0.05) is 36.6 Å². The third-order valence-electron chi connectivity index (χ3n) is 7.32. The molecule has 1 aromatic heterocycles. The predicted octanol–water partition coefficient (Wildman–Crippen LogP) is 6.00. The number of rotatable bonds is 11. The van der Waals surface area contributed by atoms with Crippen LogP contribution in [-0.2, 0) is 17.9 Å². The van der Waals surface area contributed by atoms with Crippen LogP contribution in [0.25, 0.3) is 0 Å². The third-order valence-corrected chi connectivity index (χ3v) is 7.32. The van der Waals surface area contributed by atoms with Crippen molar-refractivity contribution in [3.63, 3.8) is 0 Å². The van der Waals surface area contributed by atoms with Gasteiger partial charge in [0.2, 0.25) is 5.91 Å². The topological polar surface area (TPSA) is 54.8 Å². The number of methoxy groups -OCH3 is 1. The van der Waals surface area contributed by atoms with Gasteiger partial charge < -0.3 is 19.1 Å². The fraction of sp³-hybridized carbons (Fsp3) is 0.438. The molecule has 2 aromatic carbocycles. The summed E-state index contributed by atoms with van der Waals surface area (Å²) in [5.41, 5.74) is 2.92. The van der Waals surface area contributed by atoms with Crippen molar-refractivity contribution in [3.8, 4) is 5.75 Å². The molecule has 202 valence electrons. The van der Waals surface area contributed by atoms with Crippen molar-refractivity contribution in [2.45, 2.75) is 65.1 Å². The molecule has 1 fully saturated rings. The van der Waals surface area contributed by atoms with Crippen molar-refractivity contribution in [2.24, 2.45) is 5.92 Å². The third kappa shape index (κ3) is 7.27. The number of benzene rings is 2. The zero-order valence-electron chi connectivity index (χ0n) is 23.0. The van der Waals surface area contributed by atoms with Crippen molar-refractivity contribution in [2.75, 3.05) is 20.2 Å². The first-order valence-corrected chi connectivity index (χ1v) is 13.9. The fourth-order valence-corrected chi connectivity index (χ4v) is 5.35. The van der Waals surface area contributed by atoms with Crippen LogP contribution in [-0.4, -0.2) is 52.4 Å². The Morgan fingerprint density at radius 1 is 0.947 bits per heavy atom. The predicted molar refractivity (Wildman–Crippen MR) is 151 cm³/mol. The zero-order chi connectivity index (χ0) is 26.9. The lowest BCUT2D eigenvalue weighted by atomic mass is 9.94. The molecule has 0 bridgehead atoms. The Balaban J connectivity index is 1.54. The van der Waals surface area contributed by atoms with Crippen molar-refractivity contribution in [3.05, 3.63) is 89.7 Å². The summed E-state index contributed by atoms with van der Waals surface area (Å²) < 4.78 is 7.48. The fourth-order valence-electron chi connectivity index (χ4n) is 5.35. The average molecular weight is 516 g/mol. The van der Waals surface area contributed by atoms with Crippen LogP contribution in [0.3, 0.4) is 0 Å². The summed E-state index contributed by atoms with van der Waals surface area (Å²) in [5, 5.41) is 0. The Bertz CT molecular complexity index is 1160. The Labute approximate surface area is 227 Å². The first-order chi connectivity index (χ1) is 18.4. The first kappa shape index (κ1) is 27.5. The second-order valence-electron chi connectivity index (χ2n) is 10.7. The smallest absolute Gasteiger partial charge is 0.254 e. The summed E-state index contributed by atoms with van der Waals surface area (Å²) in [6, 6.07) is 21.9. The van der Waals surface area contributed by atoms with Gasteiger partial charge >= 0.3 is 0 Å². The van der Waals surface area contributed by atoms with Gasteiger partial charge in [-0.2, -0.15) is 0 Å². The number of hydrogen-bond donors (Lipinski definition) is 0. The highest BCUT2D eigenvalue weighted by Gasteiger charge is 2.29. The molecule has 0 saturated heterocycles. The number of amides is 2. The molecular formula is C32H41N3O3. The van der Waals surface area contributed by atoms with E-state index in [1.54, 1.807) is 36.3 Å². The molecule has 3 aromatic rings. The van der Waals surface area contributed by atoms with Crippen LogP contribution in [0.1, 0.15) is 67.6 Å². The zero-order valence-corrected chi connectivity index (χ0v) is 23.0. The maximum Gasteiger partial charge on any atom is 0.254 e. The highest BCUT2D eigenvalue weighted by atomic mass is 16.5. The molecule has 38 heavy (non-hydrogen) atoms. The van der Waals surface area contributed by atoms with Gasteiger partial charge in [-0.25, -0.2) is 0 Å². The van der Waals surface area contributed by atoms with Crippen LogP contribution >= 0.6 is 0 Å². The minimum atomic E-state index is -0.120. The summed E-state index contributed by atoms with van der Waals surface area (Å²) in [4.78, 5) is 31.2. The van der Waals surface area contributed by atoms with Crippen LogP contribution in [0.15, 0.2) is 72.9 Å². The number of carbonyl (C=O) groups excluding carboxylic acids is 2. The number of nitrogens with zero attached hydrogens (tertiary/aromatic N) is 3. The van der Waals surface area contributed by atoms with Gasteiger partial charge in [0.05, 0.1) is 13.7 Å². The van der Waals surface area contributed by atoms with E-state index < -0.39 is 0 Å². The quantitative estimate of drug-likeness (QED) is 0.315. The van der Waals surface area contributed by atoms with Crippen molar-refractivity contribution < 1.29 is 14.3 Å². The second kappa shape index (κ2) is 13.3. The number of ether oxygens (including phenoxy) is 1. The van der Waals surface area contributed by atoms with E-state index in [-0.39, 0.29) is 30.3 Å². The molecular weight excluding hydrogens is 474 g/mol. The van der Waals surface area contributed by atoms with E-state index >= 15 is 0 Å². The SMILES string of the molecule is COc1ccc(C(=O)N(CC(=O)N(Cc2cccn2Cc2ccccc2)C2CCCCC2)CC(C)C)cc1. The van der Waals surface area contributed by atoms with Crippen LogP contribution in [0.2, 0.25) is 0 Å². The summed E-state index contributed by atoms with van der Waals surface area (Å²) in [7, 11) is 1.61. The molecule has 4 rings (SSSR count). The molecule has 6 nitrogen and oxygen atoms in total. The minimum Gasteiger partial charge on any atom is -0.497 e. The van der Waals surface area contributed by atoms with Crippen LogP contribution in [0.5, 0.6) is 5.75 Å². The summed E-state index contributed by atoms with van der Waals surface area (Å²) >= 11 is 0. The lowest BCUT2D eigenvalue weighted by molar-refractivity contribution is -0.135. The van der Waals surface area contributed by atoms with E-state index in [1.807, 2.05) is 11.0 Å². The Morgan fingerprint density at radius 3 is 2.32 bits per heavy atom. The first-order valence-electron chi connectivity index (χ1n) is 13.9. The highest BCUT2D eigenvalue weighted by molar-refractivity contribution is 5.96. The molecule has 1 aliphatic rings. The van der Waals surface area contributed by atoms with Gasteiger partial charge in [-0.1, -0.05) is 63.4 Å². The average Bonchev–Trinajstić information content (AvgIpc) is 3.38. The van der Waals surface area contributed by atoms with Gasteiger partial charge in [-0.15, -0.1) is 0 Å². The van der Waals surface area contributed by atoms with E-state index in [2.05, 4.69) is 61.0 Å². The highest BCUT2D eigenvalue weighted by Crippen LogP contribution is 2.25. The molecule has 2 amide bonds. The molecule has 6 heteroatoms. The summed E-state index contributed by atoms with van der Waals surface area (Å²) in [6.07, 6.45) is 7.62. The van der Waals surface area contributed by atoms with E-state index in [9.17, 15) is 9.59 Å². The minimum absolute atomic E-state index is 0.0203. The second-order valence-corrected chi connectivity index (χ2v) is 10.7. The van der Waals surface area contributed by atoms with E-state index in [1.165, 1.54) is 12.0 Å². The van der Waals surface area contributed by atoms with Gasteiger partial charge in [0.1, 0.15) is 12.3 Å². The molecule has 1 aliphatic carbocycles. The van der Waals surface area contributed by atoms with Crippen LogP contribution in [0.4, 0.5) is 0 Å². The van der Waals surface area contributed by atoms with Crippen molar-refractivity contribution in [1.82, 2.24) is 14.4 Å². The van der Waals surface area contributed by atoms with Crippen LogP contribution < -0.4 is 4.74 Å². The molecule has 0 atom stereocenters. The van der Waals surface area contributed by atoms with Crippen LogP contribution in [0, 0.1) is 5.92 Å². The van der Waals surface area contributed by atoms with Gasteiger partial charge in [0.15, 0.2) is 0 Å². The molecule has 0 radical (unpaired) electrons. The molecule has 0 N–H and O–H groups in total. The number of hydrogen-bond acceptors (Lipinski definition) is 3. The lowest BCUT2D eigenvalue weighted by Crippen LogP contribution is -2.48. The molecule has 1 saturated carbocycles. The Hall–Kier alpha value is -3.54. The maximum atomic E-state index is 14.0. The van der Waals surface area contributed by atoms with E-state index in [0.717, 1.165) is 37.9 Å². The number of carbonyl (C=O) groups is 2. The molecule has 0 aliphatic heterocycles. The normalized spacial score (nSPS) is 13.9. The summed E-state index contributed by atoms with van der Waals surface area (Å²) in [6.45, 7) is 6.08. The Morgan fingerprint density at radius 2 is 1.66 bits per heavy atom. The summed E-state index contributed by atoms with van der Waals surface area (Å²) in [5.74, 6) is 0.851. The van der Waals surface area contributed by atoms with Gasteiger partial charge in [0.25, 0.3) is 5.91 Å². The molecule has 0 spiro atoms. The van der Waals surface area contributed by atoms with Gasteiger partial charge in [-0.05, 0) is 60.7 Å². The molecule has 0 unspecified atom stereocenters. The molecule has 1 heterocycles. The standard InChI is InChI=1S/C32H41N3O3/c1-25(2)21-34(32(37)27-16-18-30(38-3)19-17-27)24-31(36)35(28-13-8-5-9-14-28)23-29-15-10-20-33(29)22-26-11-6-4-7-12-26/h4,6-7,10-12,15-20,25,28H,5,8-9,13-14,21-24H2,1-3H3. The van der Waals surface area contributed by atoms with E-state index in [4.69, 9.17) is 4.74 Å². The largest absolute Gasteiger partial charge is 0.497 e. The Kier molecular flexibility index (Phi) is 9.63. The van der Waals surface area contributed by atoms with E-state index in [0.29, 0.717) is 24.4 Å². The van der Waals surface area contributed by atoms with Gasteiger partial charge in [-0.3, -0.25) is 9.59 Å².